The van der Waals surface area contributed by atoms with Crippen LogP contribution in [0.25, 0.3) is 11.1 Å². The lowest BCUT2D eigenvalue weighted by molar-refractivity contribution is -0.160. The largest absolute Gasteiger partial charge is 0.508 e. The minimum Gasteiger partial charge on any atom is -0.508 e. The molecule has 1 aromatic heterocycles. The molecule has 1 saturated heterocycles. The number of aromatic nitrogens is 1. The SMILES string of the molecule is Cc1nc(C)c([C@H](OC(C)(C)C)C(=O)O)c(N2CCC(C)(C)CC2)c1-c1ccc(O)cc1. The number of aryl methyl sites for hydroxylation is 2. The van der Waals surface area contributed by atoms with Crippen molar-refractivity contribution in [2.45, 2.75) is 73.0 Å². The van der Waals surface area contributed by atoms with Crippen LogP contribution in [0.4, 0.5) is 5.69 Å². The van der Waals surface area contributed by atoms with E-state index in [9.17, 15) is 15.0 Å². The van der Waals surface area contributed by atoms with Gasteiger partial charge in [-0.3, -0.25) is 4.98 Å². The average Bonchev–Trinajstić information content (AvgIpc) is 2.66. The lowest BCUT2D eigenvalue weighted by atomic mass is 9.82. The van der Waals surface area contributed by atoms with E-state index in [-0.39, 0.29) is 11.2 Å². The summed E-state index contributed by atoms with van der Waals surface area (Å²) in [4.78, 5) is 19.5. The molecule has 0 amide bonds. The number of carbonyl (C=O) groups is 1. The van der Waals surface area contributed by atoms with Crippen LogP contribution in [0.3, 0.4) is 0 Å². The van der Waals surface area contributed by atoms with E-state index >= 15 is 0 Å². The number of nitrogens with zero attached hydrogens (tertiary/aromatic N) is 2. The van der Waals surface area contributed by atoms with Gasteiger partial charge in [-0.15, -0.1) is 0 Å². The van der Waals surface area contributed by atoms with Crippen LogP contribution in [0.2, 0.25) is 0 Å². The third-order valence-electron chi connectivity index (χ3n) is 6.13. The highest BCUT2D eigenvalue weighted by Crippen LogP contribution is 2.44. The molecule has 6 heteroatoms. The molecule has 0 radical (unpaired) electrons. The third-order valence-corrected chi connectivity index (χ3v) is 6.13. The highest BCUT2D eigenvalue weighted by molar-refractivity contribution is 5.88. The average molecular weight is 441 g/mol. The molecule has 2 aromatic rings. The maximum absolute atomic E-state index is 12.4. The Balaban J connectivity index is 2.29. The number of carboxylic acid groups (broad SMARTS) is 1. The Morgan fingerprint density at radius 1 is 1.09 bits per heavy atom. The molecule has 0 saturated carbocycles. The number of hydrogen-bond donors (Lipinski definition) is 2. The predicted octanol–water partition coefficient (Wildman–Crippen LogP) is 5.64. The van der Waals surface area contributed by atoms with Crippen molar-refractivity contribution in [2.24, 2.45) is 5.41 Å². The molecule has 32 heavy (non-hydrogen) atoms. The van der Waals surface area contributed by atoms with Crippen molar-refractivity contribution >= 4 is 11.7 Å². The van der Waals surface area contributed by atoms with Gasteiger partial charge < -0.3 is 19.8 Å². The number of pyridine rings is 1. The van der Waals surface area contributed by atoms with Gasteiger partial charge in [0.25, 0.3) is 0 Å². The van der Waals surface area contributed by atoms with E-state index in [1.54, 1.807) is 12.1 Å². The van der Waals surface area contributed by atoms with Crippen molar-refractivity contribution in [1.29, 1.82) is 0 Å². The highest BCUT2D eigenvalue weighted by atomic mass is 16.5. The van der Waals surface area contributed by atoms with E-state index in [1.807, 2.05) is 46.8 Å². The van der Waals surface area contributed by atoms with Gasteiger partial charge in [-0.2, -0.15) is 0 Å². The molecular weight excluding hydrogens is 404 g/mol. The second-order valence-electron chi connectivity index (χ2n) is 10.6. The summed E-state index contributed by atoms with van der Waals surface area (Å²) in [6.07, 6.45) is 0.892. The molecule has 174 valence electrons. The van der Waals surface area contributed by atoms with Gasteiger partial charge in [0.05, 0.1) is 11.3 Å². The van der Waals surface area contributed by atoms with E-state index in [1.165, 1.54) is 0 Å². The standard InChI is InChI=1S/C26H36N2O4/c1-16-20(18-8-10-19(29)11-9-18)22(28-14-12-26(6,7)13-15-28)21(17(2)27-16)23(24(30)31)32-25(3,4)5/h8-11,23,29H,12-15H2,1-7H3,(H,30,31)/t23-/m0/s1. The Morgan fingerprint density at radius 2 is 1.66 bits per heavy atom. The fourth-order valence-corrected chi connectivity index (χ4v) is 4.38. The number of phenols is 1. The summed E-state index contributed by atoms with van der Waals surface area (Å²) < 4.78 is 6.08. The number of benzene rings is 1. The number of rotatable bonds is 5. The number of aromatic hydroxyl groups is 1. The Bertz CT molecular complexity index is 980. The summed E-state index contributed by atoms with van der Waals surface area (Å²) in [5.41, 5.74) is 4.40. The second-order valence-corrected chi connectivity index (χ2v) is 10.6. The molecule has 0 spiro atoms. The topological polar surface area (TPSA) is 82.9 Å². The fourth-order valence-electron chi connectivity index (χ4n) is 4.38. The molecule has 1 atom stereocenters. The zero-order valence-corrected chi connectivity index (χ0v) is 20.3. The van der Waals surface area contributed by atoms with Gasteiger partial charge in [-0.25, -0.2) is 4.79 Å². The zero-order chi connectivity index (χ0) is 23.8. The quantitative estimate of drug-likeness (QED) is 0.626. The molecular formula is C26H36N2O4. The molecule has 0 aliphatic carbocycles. The molecule has 0 unspecified atom stereocenters. The summed E-state index contributed by atoms with van der Waals surface area (Å²) in [5, 5.41) is 20.0. The van der Waals surface area contributed by atoms with Crippen molar-refractivity contribution in [3.63, 3.8) is 0 Å². The van der Waals surface area contributed by atoms with Crippen LogP contribution >= 0.6 is 0 Å². The predicted molar refractivity (Wildman–Crippen MR) is 127 cm³/mol. The van der Waals surface area contributed by atoms with Crippen LogP contribution in [-0.4, -0.2) is 39.9 Å². The van der Waals surface area contributed by atoms with Crippen molar-refractivity contribution < 1.29 is 19.7 Å². The maximum Gasteiger partial charge on any atom is 0.337 e. The number of aliphatic carboxylic acids is 1. The second kappa shape index (κ2) is 8.74. The normalized spacial score (nSPS) is 17.3. The third kappa shape index (κ3) is 5.23. The van der Waals surface area contributed by atoms with Crippen molar-refractivity contribution in [3.8, 4) is 16.9 Å². The molecule has 3 rings (SSSR count). The van der Waals surface area contributed by atoms with E-state index < -0.39 is 17.7 Å². The van der Waals surface area contributed by atoms with Crippen LogP contribution in [0.5, 0.6) is 5.75 Å². The van der Waals surface area contributed by atoms with E-state index in [2.05, 4.69) is 18.7 Å². The van der Waals surface area contributed by atoms with Crippen LogP contribution < -0.4 is 4.90 Å². The van der Waals surface area contributed by atoms with Crippen molar-refractivity contribution in [2.75, 3.05) is 18.0 Å². The lowest BCUT2D eigenvalue weighted by Gasteiger charge is -2.41. The Hall–Kier alpha value is -2.60. The molecule has 2 heterocycles. The number of hydrogen-bond acceptors (Lipinski definition) is 5. The first kappa shape index (κ1) is 24.1. The minimum absolute atomic E-state index is 0.187. The maximum atomic E-state index is 12.4. The van der Waals surface area contributed by atoms with Gasteiger partial charge in [-0.1, -0.05) is 26.0 Å². The summed E-state index contributed by atoms with van der Waals surface area (Å²) in [6, 6.07) is 7.02. The summed E-state index contributed by atoms with van der Waals surface area (Å²) in [5.74, 6) is -0.837. The van der Waals surface area contributed by atoms with Crippen molar-refractivity contribution in [3.05, 3.63) is 41.2 Å². The molecule has 1 aromatic carbocycles. The first-order valence-electron chi connectivity index (χ1n) is 11.3. The van der Waals surface area contributed by atoms with E-state index in [0.717, 1.165) is 48.4 Å². The van der Waals surface area contributed by atoms with Gasteiger partial charge in [0.15, 0.2) is 6.10 Å². The van der Waals surface area contributed by atoms with Crippen LogP contribution in [-0.2, 0) is 9.53 Å². The van der Waals surface area contributed by atoms with E-state index in [4.69, 9.17) is 9.72 Å². The number of ether oxygens (including phenoxy) is 1. The van der Waals surface area contributed by atoms with Crippen LogP contribution in [0.15, 0.2) is 24.3 Å². The van der Waals surface area contributed by atoms with Gasteiger partial charge in [0, 0.05) is 35.6 Å². The monoisotopic (exact) mass is 440 g/mol. The van der Waals surface area contributed by atoms with Crippen LogP contribution in [0, 0.1) is 19.3 Å². The number of piperidine rings is 1. The van der Waals surface area contributed by atoms with Gasteiger partial charge in [-0.05, 0) is 70.6 Å². The van der Waals surface area contributed by atoms with Crippen molar-refractivity contribution in [1.82, 2.24) is 4.98 Å². The molecule has 1 aliphatic heterocycles. The molecule has 6 nitrogen and oxygen atoms in total. The van der Waals surface area contributed by atoms with Gasteiger partial charge in [0.2, 0.25) is 0 Å². The highest BCUT2D eigenvalue weighted by Gasteiger charge is 2.36. The Morgan fingerprint density at radius 3 is 2.16 bits per heavy atom. The molecule has 1 fully saturated rings. The summed E-state index contributed by atoms with van der Waals surface area (Å²) in [6.45, 7) is 15.6. The summed E-state index contributed by atoms with van der Waals surface area (Å²) >= 11 is 0. The van der Waals surface area contributed by atoms with Crippen LogP contribution in [0.1, 0.15) is 70.5 Å². The Kier molecular flexibility index (Phi) is 6.57. The lowest BCUT2D eigenvalue weighted by Crippen LogP contribution is -2.39. The number of anilines is 1. The summed E-state index contributed by atoms with van der Waals surface area (Å²) in [7, 11) is 0. The number of phenolic OH excluding ortho intramolecular Hbond substituents is 1. The minimum atomic E-state index is -1.14. The van der Waals surface area contributed by atoms with Gasteiger partial charge in [0.1, 0.15) is 5.75 Å². The molecule has 0 bridgehead atoms. The van der Waals surface area contributed by atoms with E-state index in [0.29, 0.717) is 11.3 Å². The van der Waals surface area contributed by atoms with Gasteiger partial charge >= 0.3 is 5.97 Å². The first-order chi connectivity index (χ1) is 14.8. The zero-order valence-electron chi connectivity index (χ0n) is 20.3. The fraction of sp³-hybridized carbons (Fsp3) is 0.538. The Labute approximate surface area is 191 Å². The first-order valence-corrected chi connectivity index (χ1v) is 11.3. The molecule has 2 N–H and O–H groups in total. The smallest absolute Gasteiger partial charge is 0.337 e. The number of carboxylic acids is 1. The molecule has 1 aliphatic rings.